The Morgan fingerprint density at radius 2 is 2.20 bits per heavy atom. The molecule has 0 bridgehead atoms. The lowest BCUT2D eigenvalue weighted by molar-refractivity contribution is 0.454. The number of nitrogens with one attached hydrogen (secondary N) is 1. The number of aromatic nitrogens is 1. The van der Waals surface area contributed by atoms with Crippen molar-refractivity contribution in [3.63, 3.8) is 0 Å². The second-order valence-corrected chi connectivity index (χ2v) is 5.63. The Bertz CT molecular complexity index is 302. The van der Waals surface area contributed by atoms with E-state index in [4.69, 9.17) is 0 Å². The Labute approximate surface area is 95.9 Å². The second kappa shape index (κ2) is 4.99. The molecule has 3 atom stereocenters. The molecule has 0 aromatic carbocycles. The van der Waals surface area contributed by atoms with Gasteiger partial charge in [0, 0.05) is 29.7 Å². The first-order chi connectivity index (χ1) is 7.27. The van der Waals surface area contributed by atoms with Gasteiger partial charge in [0.25, 0.3) is 0 Å². The van der Waals surface area contributed by atoms with Crippen LogP contribution in [0.1, 0.15) is 31.9 Å². The van der Waals surface area contributed by atoms with E-state index in [1.54, 1.807) is 0 Å². The minimum atomic E-state index is 0.430. The van der Waals surface area contributed by atoms with Gasteiger partial charge in [0.1, 0.15) is 0 Å². The maximum atomic E-state index is 4.04. The Morgan fingerprint density at radius 3 is 2.80 bits per heavy atom. The maximum absolute atomic E-state index is 4.04. The predicted octanol–water partition coefficient (Wildman–Crippen LogP) is 2.63. The highest BCUT2D eigenvalue weighted by Gasteiger charge is 2.25. The van der Waals surface area contributed by atoms with E-state index in [1.807, 2.05) is 12.4 Å². The Kier molecular flexibility index (Phi) is 3.65. The predicted molar refractivity (Wildman–Crippen MR) is 66.1 cm³/mol. The van der Waals surface area contributed by atoms with Gasteiger partial charge in [-0.2, -0.15) is 11.8 Å². The summed E-state index contributed by atoms with van der Waals surface area (Å²) in [6.07, 6.45) is 5.02. The van der Waals surface area contributed by atoms with Gasteiger partial charge in [0.15, 0.2) is 0 Å². The fraction of sp³-hybridized carbons (Fsp3) is 0.583. The largest absolute Gasteiger partial charge is 0.306 e. The molecule has 1 aromatic heterocycles. The topological polar surface area (TPSA) is 24.9 Å². The van der Waals surface area contributed by atoms with E-state index in [0.29, 0.717) is 12.1 Å². The molecular weight excluding hydrogens is 204 g/mol. The molecule has 0 spiro atoms. The summed E-state index contributed by atoms with van der Waals surface area (Å²) in [7, 11) is 0. The third-order valence-corrected chi connectivity index (χ3v) is 4.37. The highest BCUT2D eigenvalue weighted by Crippen LogP contribution is 2.28. The molecule has 2 rings (SSSR count). The van der Waals surface area contributed by atoms with Crippen molar-refractivity contribution in [1.29, 1.82) is 0 Å². The van der Waals surface area contributed by atoms with E-state index in [1.165, 1.54) is 17.7 Å². The van der Waals surface area contributed by atoms with E-state index in [-0.39, 0.29) is 0 Å². The van der Waals surface area contributed by atoms with Crippen LogP contribution in [0.25, 0.3) is 0 Å². The fourth-order valence-electron chi connectivity index (χ4n) is 2.02. The summed E-state index contributed by atoms with van der Waals surface area (Å²) in [6.45, 7) is 4.54. The summed E-state index contributed by atoms with van der Waals surface area (Å²) in [4.78, 5) is 4.04. The third kappa shape index (κ3) is 2.73. The number of rotatable bonds is 3. The summed E-state index contributed by atoms with van der Waals surface area (Å²) in [6, 6.07) is 5.27. The van der Waals surface area contributed by atoms with Crippen LogP contribution < -0.4 is 5.32 Å². The molecule has 3 heteroatoms. The van der Waals surface area contributed by atoms with Gasteiger partial charge in [-0.05, 0) is 36.8 Å². The van der Waals surface area contributed by atoms with Crippen molar-refractivity contribution in [3.8, 4) is 0 Å². The van der Waals surface area contributed by atoms with E-state index in [9.17, 15) is 0 Å². The fourth-order valence-corrected chi connectivity index (χ4v) is 3.23. The lowest BCUT2D eigenvalue weighted by atomic mass is 10.1. The summed E-state index contributed by atoms with van der Waals surface area (Å²) in [5, 5.41) is 4.44. The van der Waals surface area contributed by atoms with Crippen LogP contribution in [0.5, 0.6) is 0 Å². The summed E-state index contributed by atoms with van der Waals surface area (Å²) < 4.78 is 0. The van der Waals surface area contributed by atoms with E-state index < -0.39 is 0 Å². The van der Waals surface area contributed by atoms with Crippen LogP contribution in [0.2, 0.25) is 0 Å². The SMILES string of the molecule is CC(NC1CCSC1C)c1ccncc1. The van der Waals surface area contributed by atoms with Crippen LogP contribution in [0.15, 0.2) is 24.5 Å². The van der Waals surface area contributed by atoms with Gasteiger partial charge in [-0.15, -0.1) is 0 Å². The zero-order chi connectivity index (χ0) is 10.7. The molecule has 0 aliphatic carbocycles. The van der Waals surface area contributed by atoms with Crippen molar-refractivity contribution < 1.29 is 0 Å². The normalized spacial score (nSPS) is 27.9. The Hall–Kier alpha value is -0.540. The molecule has 1 fully saturated rings. The van der Waals surface area contributed by atoms with Crippen molar-refractivity contribution in [1.82, 2.24) is 10.3 Å². The van der Waals surface area contributed by atoms with Crippen LogP contribution in [0.3, 0.4) is 0 Å². The van der Waals surface area contributed by atoms with Crippen molar-refractivity contribution in [2.45, 2.75) is 37.6 Å². The van der Waals surface area contributed by atoms with Crippen molar-refractivity contribution in [2.24, 2.45) is 0 Å². The van der Waals surface area contributed by atoms with Gasteiger partial charge >= 0.3 is 0 Å². The number of nitrogens with zero attached hydrogens (tertiary/aromatic N) is 1. The van der Waals surface area contributed by atoms with E-state index >= 15 is 0 Å². The van der Waals surface area contributed by atoms with Gasteiger partial charge in [-0.3, -0.25) is 4.98 Å². The number of hydrogen-bond acceptors (Lipinski definition) is 3. The van der Waals surface area contributed by atoms with Crippen LogP contribution in [-0.4, -0.2) is 22.0 Å². The highest BCUT2D eigenvalue weighted by atomic mass is 32.2. The van der Waals surface area contributed by atoms with Crippen molar-refractivity contribution >= 4 is 11.8 Å². The zero-order valence-electron chi connectivity index (χ0n) is 9.31. The number of thioether (sulfide) groups is 1. The number of pyridine rings is 1. The smallest absolute Gasteiger partial charge is 0.0295 e. The molecule has 0 amide bonds. The van der Waals surface area contributed by atoms with Crippen LogP contribution in [-0.2, 0) is 0 Å². The van der Waals surface area contributed by atoms with Gasteiger partial charge < -0.3 is 5.32 Å². The first-order valence-electron chi connectivity index (χ1n) is 5.55. The third-order valence-electron chi connectivity index (χ3n) is 3.05. The molecule has 1 saturated heterocycles. The maximum Gasteiger partial charge on any atom is 0.0295 e. The minimum absolute atomic E-state index is 0.430. The molecule has 1 aliphatic rings. The summed E-state index contributed by atoms with van der Waals surface area (Å²) in [5.74, 6) is 1.29. The molecule has 1 aromatic rings. The van der Waals surface area contributed by atoms with Gasteiger partial charge in [-0.25, -0.2) is 0 Å². The second-order valence-electron chi connectivity index (χ2n) is 4.14. The molecule has 2 heterocycles. The average Bonchev–Trinajstić information content (AvgIpc) is 2.66. The zero-order valence-corrected chi connectivity index (χ0v) is 10.1. The minimum Gasteiger partial charge on any atom is -0.306 e. The number of hydrogen-bond donors (Lipinski definition) is 1. The monoisotopic (exact) mass is 222 g/mol. The van der Waals surface area contributed by atoms with Gasteiger partial charge in [-0.1, -0.05) is 6.92 Å². The highest BCUT2D eigenvalue weighted by molar-refractivity contribution is 8.00. The Balaban J connectivity index is 1.95. The summed E-state index contributed by atoms with van der Waals surface area (Å²) in [5.41, 5.74) is 1.33. The molecule has 1 aliphatic heterocycles. The van der Waals surface area contributed by atoms with Crippen LogP contribution in [0, 0.1) is 0 Å². The van der Waals surface area contributed by atoms with Crippen LogP contribution >= 0.6 is 11.8 Å². The molecule has 15 heavy (non-hydrogen) atoms. The standard InChI is InChI=1S/C12H18N2S/c1-9(11-3-6-13-7-4-11)14-12-5-8-15-10(12)2/h3-4,6-7,9-10,12,14H,5,8H2,1-2H3. The molecule has 2 nitrogen and oxygen atoms in total. The van der Waals surface area contributed by atoms with Gasteiger partial charge in [0.05, 0.1) is 0 Å². The lowest BCUT2D eigenvalue weighted by Crippen LogP contribution is -2.35. The molecule has 0 radical (unpaired) electrons. The van der Waals surface area contributed by atoms with Crippen molar-refractivity contribution in [3.05, 3.63) is 30.1 Å². The molecule has 1 N–H and O–H groups in total. The van der Waals surface area contributed by atoms with Crippen molar-refractivity contribution in [2.75, 3.05) is 5.75 Å². The van der Waals surface area contributed by atoms with Crippen LogP contribution in [0.4, 0.5) is 0 Å². The van der Waals surface area contributed by atoms with E-state index in [0.717, 1.165) is 5.25 Å². The molecular formula is C12H18N2S. The first-order valence-corrected chi connectivity index (χ1v) is 6.60. The average molecular weight is 222 g/mol. The first kappa shape index (κ1) is 11.0. The van der Waals surface area contributed by atoms with Gasteiger partial charge in [0.2, 0.25) is 0 Å². The molecule has 82 valence electrons. The summed E-state index contributed by atoms with van der Waals surface area (Å²) >= 11 is 2.07. The molecule has 3 unspecified atom stereocenters. The van der Waals surface area contributed by atoms with E-state index in [2.05, 4.69) is 48.0 Å². The lowest BCUT2D eigenvalue weighted by Gasteiger charge is -2.22. The quantitative estimate of drug-likeness (QED) is 0.851. The molecule has 0 saturated carbocycles. The Morgan fingerprint density at radius 1 is 1.47 bits per heavy atom.